The lowest BCUT2D eigenvalue weighted by Gasteiger charge is -2.19. The zero-order valence-corrected chi connectivity index (χ0v) is 13.1. The lowest BCUT2D eigenvalue weighted by atomic mass is 10.2. The maximum Gasteiger partial charge on any atom is 0.320 e. The zero-order valence-electron chi connectivity index (χ0n) is 11.5. The van der Waals surface area contributed by atoms with Crippen LogP contribution in [0.4, 0.5) is 5.69 Å². The number of non-ortho nitro benzene ring substituents is 1. The highest BCUT2D eigenvalue weighted by Gasteiger charge is 2.14. The standard InChI is InChI=1S/C13H17BrN2O4/c1-3-15(9-13(17)20-4-2)8-10-5-6-11(16(18)19)7-12(10)14/h5-7H,3-4,8-9H2,1-2H3. The molecule has 0 amide bonds. The molecule has 0 atom stereocenters. The van der Waals surface area contributed by atoms with E-state index in [0.29, 0.717) is 24.2 Å². The van der Waals surface area contributed by atoms with Crippen molar-refractivity contribution in [3.05, 3.63) is 38.3 Å². The highest BCUT2D eigenvalue weighted by molar-refractivity contribution is 9.10. The molecule has 0 heterocycles. The lowest BCUT2D eigenvalue weighted by Crippen LogP contribution is -2.30. The Morgan fingerprint density at radius 2 is 2.15 bits per heavy atom. The van der Waals surface area contributed by atoms with E-state index in [1.54, 1.807) is 13.0 Å². The SMILES string of the molecule is CCOC(=O)CN(CC)Cc1ccc([N+](=O)[O-])cc1Br. The van der Waals surface area contributed by atoms with Crippen LogP contribution in [0.3, 0.4) is 0 Å². The largest absolute Gasteiger partial charge is 0.465 e. The number of carbonyl (C=O) groups excluding carboxylic acids is 1. The number of benzene rings is 1. The van der Waals surface area contributed by atoms with Gasteiger partial charge < -0.3 is 4.74 Å². The van der Waals surface area contributed by atoms with Crippen LogP contribution < -0.4 is 0 Å². The molecule has 1 aromatic rings. The van der Waals surface area contributed by atoms with Crippen molar-refractivity contribution in [3.63, 3.8) is 0 Å². The molecule has 0 fully saturated rings. The predicted molar refractivity (Wildman–Crippen MR) is 78.4 cm³/mol. The van der Waals surface area contributed by atoms with E-state index in [0.717, 1.165) is 5.56 Å². The Balaban J connectivity index is 2.75. The maximum atomic E-state index is 11.5. The highest BCUT2D eigenvalue weighted by Crippen LogP contribution is 2.24. The summed E-state index contributed by atoms with van der Waals surface area (Å²) in [6.07, 6.45) is 0. The Kier molecular flexibility index (Phi) is 6.60. The van der Waals surface area contributed by atoms with E-state index < -0.39 is 4.92 Å². The molecule has 0 N–H and O–H groups in total. The second kappa shape index (κ2) is 7.96. The summed E-state index contributed by atoms with van der Waals surface area (Å²) in [5.74, 6) is -0.271. The molecule has 0 aliphatic rings. The van der Waals surface area contributed by atoms with Crippen LogP contribution >= 0.6 is 15.9 Å². The fourth-order valence-electron chi connectivity index (χ4n) is 1.69. The van der Waals surface area contributed by atoms with Gasteiger partial charge >= 0.3 is 5.97 Å². The van der Waals surface area contributed by atoms with Gasteiger partial charge in [-0.05, 0) is 25.1 Å². The van der Waals surface area contributed by atoms with Crippen molar-refractivity contribution in [2.45, 2.75) is 20.4 Å². The van der Waals surface area contributed by atoms with Crippen molar-refractivity contribution in [1.29, 1.82) is 0 Å². The van der Waals surface area contributed by atoms with Crippen LogP contribution in [0.2, 0.25) is 0 Å². The number of esters is 1. The second-order valence-electron chi connectivity index (χ2n) is 4.14. The first-order valence-electron chi connectivity index (χ1n) is 6.28. The topological polar surface area (TPSA) is 72.7 Å². The smallest absolute Gasteiger partial charge is 0.320 e. The van der Waals surface area contributed by atoms with E-state index in [-0.39, 0.29) is 18.2 Å². The van der Waals surface area contributed by atoms with Gasteiger partial charge in [0.05, 0.1) is 18.1 Å². The van der Waals surface area contributed by atoms with Crippen molar-refractivity contribution < 1.29 is 14.5 Å². The van der Waals surface area contributed by atoms with Crippen LogP contribution in [0.5, 0.6) is 0 Å². The van der Waals surface area contributed by atoms with Gasteiger partial charge in [-0.2, -0.15) is 0 Å². The van der Waals surface area contributed by atoms with Gasteiger partial charge in [-0.15, -0.1) is 0 Å². The van der Waals surface area contributed by atoms with Gasteiger partial charge in [-0.25, -0.2) is 0 Å². The minimum Gasteiger partial charge on any atom is -0.465 e. The summed E-state index contributed by atoms with van der Waals surface area (Å²) in [7, 11) is 0. The third-order valence-electron chi connectivity index (χ3n) is 2.75. The number of hydrogen-bond acceptors (Lipinski definition) is 5. The minimum atomic E-state index is -0.440. The summed E-state index contributed by atoms with van der Waals surface area (Å²) < 4.78 is 5.57. The number of ether oxygens (including phenoxy) is 1. The van der Waals surface area contributed by atoms with Gasteiger partial charge in [0.1, 0.15) is 0 Å². The van der Waals surface area contributed by atoms with Gasteiger partial charge in [0, 0.05) is 23.2 Å². The molecular formula is C13H17BrN2O4. The molecule has 0 aromatic heterocycles. The van der Waals surface area contributed by atoms with E-state index in [1.807, 2.05) is 11.8 Å². The molecule has 6 nitrogen and oxygen atoms in total. The number of carbonyl (C=O) groups is 1. The van der Waals surface area contributed by atoms with Crippen LogP contribution in [-0.4, -0.2) is 35.5 Å². The Bertz CT molecular complexity index is 493. The monoisotopic (exact) mass is 344 g/mol. The first-order chi connectivity index (χ1) is 9.47. The first kappa shape index (κ1) is 16.6. The molecular weight excluding hydrogens is 328 g/mol. The summed E-state index contributed by atoms with van der Waals surface area (Å²) in [6, 6.07) is 4.61. The quantitative estimate of drug-likeness (QED) is 0.432. The van der Waals surface area contributed by atoms with Crippen LogP contribution in [0, 0.1) is 10.1 Å². The van der Waals surface area contributed by atoms with Gasteiger partial charge in [0.15, 0.2) is 0 Å². The zero-order chi connectivity index (χ0) is 15.1. The number of likely N-dealkylation sites (N-methyl/N-ethyl adjacent to an activating group) is 1. The molecule has 0 aliphatic heterocycles. The summed E-state index contributed by atoms with van der Waals surface area (Å²) in [5, 5.41) is 10.7. The van der Waals surface area contributed by atoms with Crippen molar-refractivity contribution in [3.8, 4) is 0 Å². The maximum absolute atomic E-state index is 11.5. The third kappa shape index (κ3) is 4.90. The summed E-state index contributed by atoms with van der Waals surface area (Å²) >= 11 is 3.32. The molecule has 0 radical (unpaired) electrons. The molecule has 110 valence electrons. The highest BCUT2D eigenvalue weighted by atomic mass is 79.9. The van der Waals surface area contributed by atoms with Crippen LogP contribution in [0.15, 0.2) is 22.7 Å². The second-order valence-corrected chi connectivity index (χ2v) is 5.00. The van der Waals surface area contributed by atoms with E-state index >= 15 is 0 Å². The summed E-state index contributed by atoms with van der Waals surface area (Å²) in [5.41, 5.74) is 0.927. The van der Waals surface area contributed by atoms with E-state index in [2.05, 4.69) is 15.9 Å². The van der Waals surface area contributed by atoms with Crippen LogP contribution in [-0.2, 0) is 16.1 Å². The van der Waals surface area contributed by atoms with E-state index in [4.69, 9.17) is 4.74 Å². The van der Waals surface area contributed by atoms with E-state index in [9.17, 15) is 14.9 Å². The van der Waals surface area contributed by atoms with Gasteiger partial charge in [-0.3, -0.25) is 19.8 Å². The molecule has 0 spiro atoms. The number of nitro benzene ring substituents is 1. The fraction of sp³-hybridized carbons (Fsp3) is 0.462. The normalized spacial score (nSPS) is 10.6. The van der Waals surface area contributed by atoms with Gasteiger partial charge in [-0.1, -0.05) is 22.9 Å². The molecule has 7 heteroatoms. The minimum absolute atomic E-state index is 0.0362. The lowest BCUT2D eigenvalue weighted by molar-refractivity contribution is -0.384. The van der Waals surface area contributed by atoms with Crippen LogP contribution in [0.1, 0.15) is 19.4 Å². The number of halogens is 1. The number of hydrogen-bond donors (Lipinski definition) is 0. The van der Waals surface area contributed by atoms with Crippen molar-refractivity contribution >= 4 is 27.6 Å². The summed E-state index contributed by atoms with van der Waals surface area (Å²) in [4.78, 5) is 23.6. The van der Waals surface area contributed by atoms with Crippen molar-refractivity contribution in [1.82, 2.24) is 4.90 Å². The Morgan fingerprint density at radius 3 is 2.65 bits per heavy atom. The molecule has 0 unspecified atom stereocenters. The first-order valence-corrected chi connectivity index (χ1v) is 7.08. The van der Waals surface area contributed by atoms with Gasteiger partial charge in [0.25, 0.3) is 5.69 Å². The van der Waals surface area contributed by atoms with Crippen LogP contribution in [0.25, 0.3) is 0 Å². The molecule has 0 bridgehead atoms. The Morgan fingerprint density at radius 1 is 1.45 bits per heavy atom. The molecule has 0 saturated heterocycles. The molecule has 1 rings (SSSR count). The van der Waals surface area contributed by atoms with Crippen molar-refractivity contribution in [2.24, 2.45) is 0 Å². The molecule has 0 saturated carbocycles. The Labute approximate surface area is 126 Å². The predicted octanol–water partition coefficient (Wildman–Crippen LogP) is 2.74. The summed E-state index contributed by atoms with van der Waals surface area (Å²) in [6.45, 7) is 5.47. The Hall–Kier alpha value is -1.47. The van der Waals surface area contributed by atoms with E-state index in [1.165, 1.54) is 12.1 Å². The van der Waals surface area contributed by atoms with Gasteiger partial charge in [0.2, 0.25) is 0 Å². The average Bonchev–Trinajstić information content (AvgIpc) is 2.40. The molecule has 20 heavy (non-hydrogen) atoms. The third-order valence-corrected chi connectivity index (χ3v) is 3.48. The fourth-order valence-corrected chi connectivity index (χ4v) is 2.18. The number of rotatable bonds is 7. The number of nitro groups is 1. The molecule has 0 aliphatic carbocycles. The van der Waals surface area contributed by atoms with Crippen molar-refractivity contribution in [2.75, 3.05) is 19.7 Å². The average molecular weight is 345 g/mol. The number of nitrogens with zero attached hydrogens (tertiary/aromatic N) is 2. The molecule has 1 aromatic carbocycles.